The van der Waals surface area contributed by atoms with E-state index in [1.54, 1.807) is 35.4 Å². The van der Waals surface area contributed by atoms with Crippen molar-refractivity contribution in [3.8, 4) is 0 Å². The maximum Gasteiger partial charge on any atom is 0.150 e. The third-order valence-electron chi connectivity index (χ3n) is 1.87. The fourth-order valence-electron chi connectivity index (χ4n) is 1.12. The number of thioether (sulfide) groups is 1. The highest BCUT2D eigenvalue weighted by Gasteiger charge is 2.02. The molecule has 0 saturated carbocycles. The van der Waals surface area contributed by atoms with Gasteiger partial charge in [0.2, 0.25) is 0 Å². The maximum absolute atomic E-state index is 5.85. The first-order valence-corrected chi connectivity index (χ1v) is 6.56. The third kappa shape index (κ3) is 2.87. The molecule has 2 aromatic rings. The molecular weight excluding hydrogens is 248 g/mol. The van der Waals surface area contributed by atoms with Gasteiger partial charge in [-0.15, -0.1) is 11.3 Å². The highest BCUT2D eigenvalue weighted by molar-refractivity contribution is 8.00. The predicted molar refractivity (Wildman–Crippen MR) is 67.5 cm³/mol. The molecule has 1 heterocycles. The zero-order valence-corrected chi connectivity index (χ0v) is 10.2. The van der Waals surface area contributed by atoms with Crippen LogP contribution in [0.25, 0.3) is 0 Å². The Labute approximate surface area is 101 Å². The van der Waals surface area contributed by atoms with Crippen LogP contribution >= 0.6 is 34.7 Å². The minimum absolute atomic E-state index is 0.676. The molecule has 0 spiro atoms. The summed E-state index contributed by atoms with van der Waals surface area (Å²) in [6.45, 7) is 0. The number of nitrogen functional groups attached to an aromatic ring is 1. The number of hydrogen-bond donors (Lipinski definition) is 1. The number of anilines is 1. The van der Waals surface area contributed by atoms with E-state index in [1.807, 2.05) is 17.5 Å². The van der Waals surface area contributed by atoms with Crippen molar-refractivity contribution in [3.05, 3.63) is 40.4 Å². The molecule has 0 bridgehead atoms. The van der Waals surface area contributed by atoms with Crippen LogP contribution in [0.5, 0.6) is 0 Å². The smallest absolute Gasteiger partial charge is 0.150 e. The van der Waals surface area contributed by atoms with Gasteiger partial charge in [0.05, 0.1) is 0 Å². The zero-order chi connectivity index (χ0) is 10.7. The van der Waals surface area contributed by atoms with E-state index in [4.69, 9.17) is 17.3 Å². The topological polar surface area (TPSA) is 38.9 Å². The maximum atomic E-state index is 5.85. The van der Waals surface area contributed by atoms with E-state index < -0.39 is 0 Å². The van der Waals surface area contributed by atoms with Crippen LogP contribution in [0.2, 0.25) is 5.02 Å². The Bertz CT molecular complexity index is 443. The summed E-state index contributed by atoms with van der Waals surface area (Å²) in [4.78, 5) is 4.19. The molecule has 0 aliphatic rings. The van der Waals surface area contributed by atoms with Crippen LogP contribution in [0.1, 0.15) is 5.56 Å². The van der Waals surface area contributed by atoms with Crippen LogP contribution in [0.3, 0.4) is 0 Å². The van der Waals surface area contributed by atoms with Crippen LogP contribution in [-0.2, 0) is 5.75 Å². The molecule has 0 aliphatic heterocycles. The lowest BCUT2D eigenvalue weighted by Gasteiger charge is -2.04. The van der Waals surface area contributed by atoms with Crippen LogP contribution in [0, 0.1) is 0 Å². The molecule has 0 fully saturated rings. The van der Waals surface area contributed by atoms with Crippen molar-refractivity contribution in [1.29, 1.82) is 0 Å². The second-order valence-electron chi connectivity index (χ2n) is 2.93. The quantitative estimate of drug-likeness (QED) is 0.673. The highest BCUT2D eigenvalue weighted by Crippen LogP contribution is 2.28. The van der Waals surface area contributed by atoms with Crippen molar-refractivity contribution in [2.24, 2.45) is 0 Å². The number of nitrogens with two attached hydrogens (primary N) is 1. The predicted octanol–water partition coefficient (Wildman–Crippen LogP) is 3.67. The van der Waals surface area contributed by atoms with Crippen molar-refractivity contribution in [3.63, 3.8) is 0 Å². The van der Waals surface area contributed by atoms with Gasteiger partial charge in [0.1, 0.15) is 4.34 Å². The number of aromatic nitrogens is 1. The second-order valence-corrected chi connectivity index (χ2v) is 5.48. The Morgan fingerprint density at radius 2 is 2.33 bits per heavy atom. The summed E-state index contributed by atoms with van der Waals surface area (Å²) in [5.74, 6) is 0.830. The first kappa shape index (κ1) is 10.8. The van der Waals surface area contributed by atoms with Crippen molar-refractivity contribution >= 4 is 40.4 Å². The summed E-state index contributed by atoms with van der Waals surface area (Å²) in [5.41, 5.74) is 7.69. The molecule has 0 atom stereocenters. The molecule has 15 heavy (non-hydrogen) atoms. The van der Waals surface area contributed by atoms with Gasteiger partial charge in [-0.25, -0.2) is 4.98 Å². The standard InChI is InChI=1S/C10H9ClN2S2/c11-8-2-1-7(9(12)5-8)6-15-10-13-3-4-14-10/h1-5H,6,12H2. The van der Waals surface area contributed by atoms with Gasteiger partial charge in [-0.1, -0.05) is 29.4 Å². The number of nitrogens with zero attached hydrogens (tertiary/aromatic N) is 1. The number of benzene rings is 1. The fraction of sp³-hybridized carbons (Fsp3) is 0.100. The molecule has 0 aliphatic carbocycles. The molecule has 1 aromatic heterocycles. The molecule has 0 amide bonds. The van der Waals surface area contributed by atoms with E-state index in [1.165, 1.54) is 0 Å². The van der Waals surface area contributed by atoms with E-state index >= 15 is 0 Å². The van der Waals surface area contributed by atoms with E-state index in [-0.39, 0.29) is 0 Å². The average molecular weight is 257 g/mol. The van der Waals surface area contributed by atoms with Crippen LogP contribution in [-0.4, -0.2) is 4.98 Å². The molecule has 1 aromatic carbocycles. The minimum atomic E-state index is 0.676. The fourth-order valence-corrected chi connectivity index (χ4v) is 2.95. The van der Waals surface area contributed by atoms with Crippen molar-refractivity contribution in [2.45, 2.75) is 10.1 Å². The van der Waals surface area contributed by atoms with Gasteiger partial charge in [-0.2, -0.15) is 0 Å². The van der Waals surface area contributed by atoms with E-state index in [9.17, 15) is 0 Å². The van der Waals surface area contributed by atoms with Gasteiger partial charge < -0.3 is 5.73 Å². The summed E-state index contributed by atoms with van der Waals surface area (Å²) in [6.07, 6.45) is 1.80. The van der Waals surface area contributed by atoms with Gasteiger partial charge in [-0.3, -0.25) is 0 Å². The minimum Gasteiger partial charge on any atom is -0.398 e. The molecular formula is C10H9ClN2S2. The lowest BCUT2D eigenvalue weighted by molar-refractivity contribution is 1.24. The van der Waals surface area contributed by atoms with Gasteiger partial charge in [0, 0.05) is 28.0 Å². The zero-order valence-electron chi connectivity index (χ0n) is 7.81. The van der Waals surface area contributed by atoms with Crippen molar-refractivity contribution in [2.75, 3.05) is 5.73 Å². The Morgan fingerprint density at radius 3 is 3.00 bits per heavy atom. The normalized spacial score (nSPS) is 10.5. The monoisotopic (exact) mass is 256 g/mol. The lowest BCUT2D eigenvalue weighted by Crippen LogP contribution is -1.91. The summed E-state index contributed by atoms with van der Waals surface area (Å²) in [6, 6.07) is 5.59. The molecule has 0 unspecified atom stereocenters. The number of hydrogen-bond acceptors (Lipinski definition) is 4. The Kier molecular flexibility index (Phi) is 3.51. The Morgan fingerprint density at radius 1 is 1.47 bits per heavy atom. The SMILES string of the molecule is Nc1cc(Cl)ccc1CSc1nccs1. The third-order valence-corrected chi connectivity index (χ3v) is 4.12. The molecule has 2 N–H and O–H groups in total. The molecule has 0 saturated heterocycles. The number of thiazole rings is 1. The van der Waals surface area contributed by atoms with E-state index in [0.29, 0.717) is 5.02 Å². The number of rotatable bonds is 3. The largest absolute Gasteiger partial charge is 0.398 e. The van der Waals surface area contributed by atoms with Crippen molar-refractivity contribution in [1.82, 2.24) is 4.98 Å². The molecule has 5 heteroatoms. The summed E-state index contributed by atoms with van der Waals surface area (Å²) < 4.78 is 1.06. The Hall–Kier alpha value is -0.710. The summed E-state index contributed by atoms with van der Waals surface area (Å²) in [5, 5.41) is 2.64. The van der Waals surface area contributed by atoms with E-state index in [2.05, 4.69) is 4.98 Å². The molecule has 78 valence electrons. The van der Waals surface area contributed by atoms with E-state index in [0.717, 1.165) is 21.3 Å². The summed E-state index contributed by atoms with van der Waals surface area (Å²) in [7, 11) is 0. The van der Waals surface area contributed by atoms with Crippen molar-refractivity contribution < 1.29 is 0 Å². The van der Waals surface area contributed by atoms with Crippen LogP contribution < -0.4 is 5.73 Å². The average Bonchev–Trinajstić information content (AvgIpc) is 2.69. The van der Waals surface area contributed by atoms with Crippen LogP contribution in [0.4, 0.5) is 5.69 Å². The molecule has 2 rings (SSSR count). The molecule has 0 radical (unpaired) electrons. The van der Waals surface area contributed by atoms with Gasteiger partial charge in [0.15, 0.2) is 0 Å². The first-order chi connectivity index (χ1) is 7.25. The summed E-state index contributed by atoms with van der Waals surface area (Å²) >= 11 is 9.14. The van der Waals surface area contributed by atoms with Gasteiger partial charge in [0.25, 0.3) is 0 Å². The number of halogens is 1. The highest BCUT2D eigenvalue weighted by atomic mass is 35.5. The van der Waals surface area contributed by atoms with Gasteiger partial charge in [-0.05, 0) is 17.7 Å². The molecule has 2 nitrogen and oxygen atoms in total. The lowest BCUT2D eigenvalue weighted by atomic mass is 10.2. The van der Waals surface area contributed by atoms with Crippen LogP contribution in [0.15, 0.2) is 34.1 Å². The first-order valence-electron chi connectivity index (χ1n) is 4.32. The van der Waals surface area contributed by atoms with Gasteiger partial charge >= 0.3 is 0 Å². The second kappa shape index (κ2) is 4.88. The Balaban J connectivity index is 2.05.